The van der Waals surface area contributed by atoms with Crippen LogP contribution in [0.25, 0.3) is 0 Å². The molecular formula is C18H18ClNO3. The minimum absolute atomic E-state index is 0.0576. The van der Waals surface area contributed by atoms with E-state index in [-0.39, 0.29) is 31.1 Å². The lowest BCUT2D eigenvalue weighted by molar-refractivity contribution is -0.121. The first-order chi connectivity index (χ1) is 11.1. The zero-order chi connectivity index (χ0) is 16.7. The van der Waals surface area contributed by atoms with Crippen molar-refractivity contribution in [2.75, 3.05) is 6.54 Å². The average Bonchev–Trinajstić information content (AvgIpc) is 2.58. The normalized spacial score (nSPS) is 11.7. The zero-order valence-electron chi connectivity index (χ0n) is 12.5. The van der Waals surface area contributed by atoms with Crippen LogP contribution in [0.3, 0.4) is 0 Å². The molecule has 0 bridgehead atoms. The Balaban J connectivity index is 1.77. The minimum atomic E-state index is -0.877. The monoisotopic (exact) mass is 331 g/mol. The Morgan fingerprint density at radius 3 is 2.35 bits per heavy atom. The Morgan fingerprint density at radius 2 is 1.65 bits per heavy atom. The van der Waals surface area contributed by atoms with Crippen molar-refractivity contribution in [1.82, 2.24) is 5.32 Å². The van der Waals surface area contributed by atoms with Crippen molar-refractivity contribution in [3.8, 4) is 0 Å². The van der Waals surface area contributed by atoms with Gasteiger partial charge in [-0.3, -0.25) is 9.59 Å². The number of halogens is 1. The fraction of sp³-hybridized carbons (Fsp3) is 0.222. The highest BCUT2D eigenvalue weighted by Gasteiger charge is 2.13. The third kappa shape index (κ3) is 5.20. The van der Waals surface area contributed by atoms with E-state index in [4.69, 9.17) is 11.6 Å². The van der Waals surface area contributed by atoms with Gasteiger partial charge in [0.25, 0.3) is 0 Å². The van der Waals surface area contributed by atoms with E-state index in [9.17, 15) is 14.7 Å². The molecule has 4 nitrogen and oxygen atoms in total. The second kappa shape index (κ2) is 8.46. The summed E-state index contributed by atoms with van der Waals surface area (Å²) in [4.78, 5) is 23.7. The average molecular weight is 332 g/mol. The second-order valence-corrected chi connectivity index (χ2v) is 5.54. The Labute approximate surface area is 140 Å². The quantitative estimate of drug-likeness (QED) is 0.766. The molecule has 0 fully saturated rings. The number of amides is 1. The van der Waals surface area contributed by atoms with Gasteiger partial charge < -0.3 is 10.4 Å². The van der Waals surface area contributed by atoms with Gasteiger partial charge in [0.05, 0.1) is 6.10 Å². The molecule has 0 saturated carbocycles. The summed E-state index contributed by atoms with van der Waals surface area (Å²) in [7, 11) is 0. The van der Waals surface area contributed by atoms with Crippen LogP contribution < -0.4 is 5.32 Å². The van der Waals surface area contributed by atoms with Crippen LogP contribution in [-0.2, 0) is 4.79 Å². The number of benzene rings is 2. The van der Waals surface area contributed by atoms with E-state index in [0.29, 0.717) is 16.1 Å². The van der Waals surface area contributed by atoms with Gasteiger partial charge in [0.15, 0.2) is 5.78 Å². The molecule has 1 unspecified atom stereocenters. The zero-order valence-corrected chi connectivity index (χ0v) is 13.3. The van der Waals surface area contributed by atoms with Crippen molar-refractivity contribution in [3.63, 3.8) is 0 Å². The molecule has 0 saturated heterocycles. The largest absolute Gasteiger partial charge is 0.387 e. The number of aliphatic hydroxyl groups excluding tert-OH is 1. The molecule has 0 aliphatic carbocycles. The number of ketones is 1. The van der Waals surface area contributed by atoms with Gasteiger partial charge in [0.1, 0.15) is 0 Å². The predicted molar refractivity (Wildman–Crippen MR) is 89.4 cm³/mol. The van der Waals surface area contributed by atoms with Gasteiger partial charge in [-0.25, -0.2) is 0 Å². The first-order valence-corrected chi connectivity index (χ1v) is 7.73. The molecule has 5 heteroatoms. The molecule has 0 heterocycles. The number of nitrogens with one attached hydrogen (secondary N) is 1. The van der Waals surface area contributed by atoms with E-state index in [1.54, 1.807) is 48.5 Å². The second-order valence-electron chi connectivity index (χ2n) is 5.13. The molecule has 0 aromatic heterocycles. The van der Waals surface area contributed by atoms with Gasteiger partial charge in [-0.2, -0.15) is 0 Å². The fourth-order valence-electron chi connectivity index (χ4n) is 2.15. The van der Waals surface area contributed by atoms with E-state index in [2.05, 4.69) is 5.32 Å². The standard InChI is InChI=1S/C18H18ClNO3/c19-15-9-5-4-8-14(15)17(22)12-20-18(23)11-10-16(21)13-6-2-1-3-7-13/h1-9,17,22H,10-12H2,(H,20,23). The Hall–Kier alpha value is -2.17. The lowest BCUT2D eigenvalue weighted by Crippen LogP contribution is -2.28. The number of carbonyl (C=O) groups excluding carboxylic acids is 2. The van der Waals surface area contributed by atoms with E-state index in [0.717, 1.165) is 0 Å². The van der Waals surface area contributed by atoms with Crippen LogP contribution in [0, 0.1) is 0 Å². The van der Waals surface area contributed by atoms with E-state index < -0.39 is 6.10 Å². The van der Waals surface area contributed by atoms with E-state index in [1.165, 1.54) is 0 Å². The maximum Gasteiger partial charge on any atom is 0.220 e. The van der Waals surface area contributed by atoms with Crippen molar-refractivity contribution in [2.24, 2.45) is 0 Å². The number of rotatable bonds is 7. The molecule has 0 spiro atoms. The van der Waals surface area contributed by atoms with Gasteiger partial charge in [-0.15, -0.1) is 0 Å². The van der Waals surface area contributed by atoms with Crippen molar-refractivity contribution in [2.45, 2.75) is 18.9 Å². The maximum absolute atomic E-state index is 11.9. The topological polar surface area (TPSA) is 66.4 Å². The van der Waals surface area contributed by atoms with Crippen LogP contribution in [-0.4, -0.2) is 23.3 Å². The molecule has 1 atom stereocenters. The molecule has 2 aromatic carbocycles. The summed E-state index contributed by atoms with van der Waals surface area (Å²) in [5.74, 6) is -0.354. The van der Waals surface area contributed by atoms with E-state index >= 15 is 0 Å². The highest BCUT2D eigenvalue weighted by atomic mass is 35.5. The van der Waals surface area contributed by atoms with Crippen LogP contribution in [0.1, 0.15) is 34.9 Å². The van der Waals surface area contributed by atoms with Crippen LogP contribution in [0.5, 0.6) is 0 Å². The molecule has 0 radical (unpaired) electrons. The number of hydrogen-bond acceptors (Lipinski definition) is 3. The summed E-state index contributed by atoms with van der Waals surface area (Å²) in [5.41, 5.74) is 1.16. The molecule has 1 amide bonds. The van der Waals surface area contributed by atoms with Gasteiger partial charge >= 0.3 is 0 Å². The van der Waals surface area contributed by atoms with Crippen molar-refractivity contribution < 1.29 is 14.7 Å². The Kier molecular flexibility index (Phi) is 6.32. The summed E-state index contributed by atoms with van der Waals surface area (Å²) >= 11 is 5.99. The fourth-order valence-corrected chi connectivity index (χ4v) is 2.41. The third-order valence-electron chi connectivity index (χ3n) is 3.43. The van der Waals surface area contributed by atoms with Crippen LogP contribution >= 0.6 is 11.6 Å². The first-order valence-electron chi connectivity index (χ1n) is 7.35. The molecule has 120 valence electrons. The summed E-state index contributed by atoms with van der Waals surface area (Å²) in [6.07, 6.45) is -0.654. The number of hydrogen-bond donors (Lipinski definition) is 2. The summed E-state index contributed by atoms with van der Waals surface area (Å²) < 4.78 is 0. The lowest BCUT2D eigenvalue weighted by Gasteiger charge is -2.13. The molecule has 0 aliphatic heterocycles. The predicted octanol–water partition coefficient (Wildman–Crippen LogP) is 3.15. The molecule has 23 heavy (non-hydrogen) atoms. The SMILES string of the molecule is O=C(CCC(=O)c1ccccc1)NCC(O)c1ccccc1Cl. The summed E-state index contributed by atoms with van der Waals surface area (Å²) in [6, 6.07) is 15.8. The highest BCUT2D eigenvalue weighted by molar-refractivity contribution is 6.31. The van der Waals surface area contributed by atoms with Gasteiger partial charge in [0.2, 0.25) is 5.91 Å². The number of aliphatic hydroxyl groups is 1. The molecule has 0 aliphatic rings. The Morgan fingerprint density at radius 1 is 1.00 bits per heavy atom. The van der Waals surface area contributed by atoms with Crippen molar-refractivity contribution in [3.05, 3.63) is 70.7 Å². The first kappa shape index (κ1) is 17.2. The molecule has 2 N–H and O–H groups in total. The Bertz CT molecular complexity index is 673. The van der Waals surface area contributed by atoms with Gasteiger partial charge in [-0.05, 0) is 6.07 Å². The minimum Gasteiger partial charge on any atom is -0.387 e. The maximum atomic E-state index is 11.9. The van der Waals surface area contributed by atoms with Crippen LogP contribution in [0.2, 0.25) is 5.02 Å². The van der Waals surface area contributed by atoms with Crippen molar-refractivity contribution in [1.29, 1.82) is 0 Å². The van der Waals surface area contributed by atoms with Crippen LogP contribution in [0.15, 0.2) is 54.6 Å². The smallest absolute Gasteiger partial charge is 0.220 e. The number of Topliss-reactive ketones (excluding diaryl/α,β-unsaturated/α-hetero) is 1. The van der Waals surface area contributed by atoms with Crippen molar-refractivity contribution >= 4 is 23.3 Å². The highest BCUT2D eigenvalue weighted by Crippen LogP contribution is 2.21. The summed E-state index contributed by atoms with van der Waals surface area (Å²) in [5, 5.41) is 13.1. The number of carbonyl (C=O) groups is 2. The summed E-state index contributed by atoms with van der Waals surface area (Å²) in [6.45, 7) is 0.0576. The lowest BCUT2D eigenvalue weighted by atomic mass is 10.1. The van der Waals surface area contributed by atoms with Crippen LogP contribution in [0.4, 0.5) is 0 Å². The molecular weight excluding hydrogens is 314 g/mol. The molecule has 2 aromatic rings. The molecule has 2 rings (SSSR count). The van der Waals surface area contributed by atoms with Gasteiger partial charge in [-0.1, -0.05) is 60.1 Å². The van der Waals surface area contributed by atoms with E-state index in [1.807, 2.05) is 6.07 Å². The van der Waals surface area contributed by atoms with Gasteiger partial charge in [0, 0.05) is 35.5 Å². The third-order valence-corrected chi connectivity index (χ3v) is 3.78.